The van der Waals surface area contributed by atoms with E-state index in [9.17, 15) is 13.2 Å². The molecule has 0 amide bonds. The second-order valence-corrected chi connectivity index (χ2v) is 6.02. The molecule has 94 valence electrons. The molecule has 0 atom stereocenters. The number of ether oxygens (including phenoxy) is 1. The molecular formula is C12H16O4S. The molecule has 0 heterocycles. The maximum atomic E-state index is 11.7. The van der Waals surface area contributed by atoms with E-state index >= 15 is 0 Å². The number of hydrogen-bond acceptors (Lipinski definition) is 4. The molecular weight excluding hydrogens is 240 g/mol. The van der Waals surface area contributed by atoms with Crippen molar-refractivity contribution in [3.05, 3.63) is 29.8 Å². The maximum absolute atomic E-state index is 11.7. The van der Waals surface area contributed by atoms with Gasteiger partial charge in [0, 0.05) is 18.2 Å². The summed E-state index contributed by atoms with van der Waals surface area (Å²) in [4.78, 5) is 11.7. The van der Waals surface area contributed by atoms with Gasteiger partial charge in [-0.25, -0.2) is 8.42 Å². The lowest BCUT2D eigenvalue weighted by Crippen LogP contribution is -2.09. The lowest BCUT2D eigenvalue weighted by molar-refractivity contribution is 0.0989. The zero-order valence-corrected chi connectivity index (χ0v) is 10.8. The number of carbonyl (C=O) groups is 1. The highest BCUT2D eigenvalue weighted by Gasteiger charge is 2.10. The lowest BCUT2D eigenvalue weighted by atomic mass is 10.1. The van der Waals surface area contributed by atoms with Crippen molar-refractivity contribution < 1.29 is 17.9 Å². The van der Waals surface area contributed by atoms with Crippen LogP contribution in [0.15, 0.2) is 24.3 Å². The van der Waals surface area contributed by atoms with Crippen LogP contribution < -0.4 is 4.74 Å². The smallest absolute Gasteiger partial charge is 0.163 e. The van der Waals surface area contributed by atoms with Gasteiger partial charge in [-0.15, -0.1) is 0 Å². The third-order valence-electron chi connectivity index (χ3n) is 2.19. The zero-order chi connectivity index (χ0) is 12.9. The summed E-state index contributed by atoms with van der Waals surface area (Å²) in [6.07, 6.45) is 1.14. The highest BCUT2D eigenvalue weighted by atomic mass is 32.2. The van der Waals surface area contributed by atoms with Crippen LogP contribution in [0, 0.1) is 0 Å². The predicted octanol–water partition coefficient (Wildman–Crippen LogP) is 1.70. The van der Waals surface area contributed by atoms with Crippen LogP contribution in [0.5, 0.6) is 5.75 Å². The standard InChI is InChI=1S/C12H16O4S/c1-3-16-11-6-4-10(5-7-11)12(13)8-9-17(2,14)15/h4-7H,3,8-9H2,1-2H3. The molecule has 0 saturated carbocycles. The van der Waals surface area contributed by atoms with Crippen molar-refractivity contribution in [2.75, 3.05) is 18.6 Å². The molecule has 1 rings (SSSR count). The maximum Gasteiger partial charge on any atom is 0.163 e. The van der Waals surface area contributed by atoms with Crippen LogP contribution in [0.2, 0.25) is 0 Å². The summed E-state index contributed by atoms with van der Waals surface area (Å²) >= 11 is 0. The fourth-order valence-electron chi connectivity index (χ4n) is 1.33. The van der Waals surface area contributed by atoms with E-state index in [1.165, 1.54) is 0 Å². The molecule has 0 saturated heterocycles. The largest absolute Gasteiger partial charge is 0.494 e. The minimum atomic E-state index is -3.09. The third-order valence-corrected chi connectivity index (χ3v) is 3.13. The summed E-state index contributed by atoms with van der Waals surface area (Å²) in [6.45, 7) is 2.45. The van der Waals surface area contributed by atoms with Crippen molar-refractivity contribution in [1.82, 2.24) is 0 Å². The third kappa shape index (κ3) is 4.99. The number of Topliss-reactive ketones (excluding diaryl/α,β-unsaturated/α-hetero) is 1. The molecule has 0 aliphatic carbocycles. The predicted molar refractivity (Wildman–Crippen MR) is 66.3 cm³/mol. The Hall–Kier alpha value is -1.36. The summed E-state index contributed by atoms with van der Waals surface area (Å²) in [7, 11) is -3.09. The van der Waals surface area contributed by atoms with Gasteiger partial charge in [0.25, 0.3) is 0 Å². The van der Waals surface area contributed by atoms with Gasteiger partial charge in [0.1, 0.15) is 15.6 Å². The van der Waals surface area contributed by atoms with Crippen LogP contribution in [0.25, 0.3) is 0 Å². The van der Waals surface area contributed by atoms with Crippen LogP contribution in [0.3, 0.4) is 0 Å². The Kier molecular flexibility index (Phi) is 4.69. The van der Waals surface area contributed by atoms with Gasteiger partial charge in [0.15, 0.2) is 5.78 Å². The SMILES string of the molecule is CCOc1ccc(C(=O)CCS(C)(=O)=O)cc1. The number of sulfone groups is 1. The van der Waals surface area contributed by atoms with Gasteiger partial charge in [-0.1, -0.05) is 0 Å². The number of benzene rings is 1. The molecule has 0 radical (unpaired) electrons. The fraction of sp³-hybridized carbons (Fsp3) is 0.417. The minimum absolute atomic E-state index is 0.0206. The van der Waals surface area contributed by atoms with E-state index in [0.717, 1.165) is 6.26 Å². The normalized spacial score (nSPS) is 11.2. The summed E-state index contributed by atoms with van der Waals surface area (Å²) < 4.78 is 27.1. The first-order chi connectivity index (χ1) is 7.92. The molecule has 17 heavy (non-hydrogen) atoms. The van der Waals surface area contributed by atoms with Gasteiger partial charge < -0.3 is 4.74 Å². The van der Waals surface area contributed by atoms with E-state index in [0.29, 0.717) is 17.9 Å². The van der Waals surface area contributed by atoms with Gasteiger partial charge in [0.05, 0.1) is 12.4 Å². The van der Waals surface area contributed by atoms with Crippen molar-refractivity contribution in [2.45, 2.75) is 13.3 Å². The fourth-order valence-corrected chi connectivity index (χ4v) is 1.88. The van der Waals surface area contributed by atoms with Crippen molar-refractivity contribution >= 4 is 15.6 Å². The Morgan fingerprint density at radius 1 is 1.24 bits per heavy atom. The summed E-state index contributed by atoms with van der Waals surface area (Å²) in [5, 5.41) is 0. The molecule has 0 aromatic heterocycles. The van der Waals surface area contributed by atoms with E-state index in [4.69, 9.17) is 4.74 Å². The van der Waals surface area contributed by atoms with Crippen molar-refractivity contribution in [3.63, 3.8) is 0 Å². The molecule has 0 unspecified atom stereocenters. The molecule has 0 fully saturated rings. The molecule has 4 nitrogen and oxygen atoms in total. The summed E-state index contributed by atoms with van der Waals surface area (Å²) in [5.41, 5.74) is 0.511. The van der Waals surface area contributed by atoms with Crippen LogP contribution in [0.1, 0.15) is 23.7 Å². The minimum Gasteiger partial charge on any atom is -0.494 e. The van der Waals surface area contributed by atoms with Crippen LogP contribution >= 0.6 is 0 Å². The first-order valence-corrected chi connectivity index (χ1v) is 7.42. The second-order valence-electron chi connectivity index (χ2n) is 3.76. The lowest BCUT2D eigenvalue weighted by Gasteiger charge is -2.04. The average Bonchev–Trinajstić information content (AvgIpc) is 2.26. The van der Waals surface area contributed by atoms with Crippen LogP contribution in [-0.4, -0.2) is 32.8 Å². The van der Waals surface area contributed by atoms with Crippen molar-refractivity contribution in [2.24, 2.45) is 0 Å². The number of hydrogen-bond donors (Lipinski definition) is 0. The van der Waals surface area contributed by atoms with E-state index in [-0.39, 0.29) is 18.0 Å². The Morgan fingerprint density at radius 2 is 1.82 bits per heavy atom. The first-order valence-electron chi connectivity index (χ1n) is 5.36. The highest BCUT2D eigenvalue weighted by Crippen LogP contribution is 2.13. The molecule has 0 aliphatic rings. The number of carbonyl (C=O) groups excluding carboxylic acids is 1. The summed E-state index contributed by atoms with van der Waals surface area (Å²) in [5.74, 6) is 0.421. The van der Waals surface area contributed by atoms with Gasteiger partial charge in [-0.3, -0.25) is 4.79 Å². The van der Waals surface area contributed by atoms with E-state index in [2.05, 4.69) is 0 Å². The quantitative estimate of drug-likeness (QED) is 0.727. The average molecular weight is 256 g/mol. The van der Waals surface area contributed by atoms with Gasteiger partial charge in [-0.2, -0.15) is 0 Å². The molecule has 1 aromatic carbocycles. The van der Waals surface area contributed by atoms with Gasteiger partial charge in [0.2, 0.25) is 0 Å². The molecule has 0 spiro atoms. The number of rotatable bonds is 6. The van der Waals surface area contributed by atoms with Crippen molar-refractivity contribution in [3.8, 4) is 5.75 Å². The van der Waals surface area contributed by atoms with E-state index in [1.54, 1.807) is 24.3 Å². The van der Waals surface area contributed by atoms with Gasteiger partial charge in [-0.05, 0) is 31.2 Å². The molecule has 1 aromatic rings. The van der Waals surface area contributed by atoms with Crippen LogP contribution in [0.4, 0.5) is 0 Å². The van der Waals surface area contributed by atoms with E-state index < -0.39 is 9.84 Å². The molecule has 0 aliphatic heterocycles. The highest BCUT2D eigenvalue weighted by molar-refractivity contribution is 7.90. The molecule has 5 heteroatoms. The van der Waals surface area contributed by atoms with Crippen LogP contribution in [-0.2, 0) is 9.84 Å². The van der Waals surface area contributed by atoms with Gasteiger partial charge >= 0.3 is 0 Å². The molecule has 0 N–H and O–H groups in total. The Bertz CT molecular complexity index is 474. The van der Waals surface area contributed by atoms with Crippen molar-refractivity contribution in [1.29, 1.82) is 0 Å². The Morgan fingerprint density at radius 3 is 2.29 bits per heavy atom. The monoisotopic (exact) mass is 256 g/mol. The zero-order valence-electron chi connectivity index (χ0n) is 9.97. The summed E-state index contributed by atoms with van der Waals surface area (Å²) in [6, 6.07) is 6.71. The second kappa shape index (κ2) is 5.82. The van der Waals surface area contributed by atoms with E-state index in [1.807, 2.05) is 6.92 Å². The first kappa shape index (κ1) is 13.7. The molecule has 0 bridgehead atoms. The Labute approximate surface area is 102 Å². The Balaban J connectivity index is 2.64. The number of ketones is 1. The topological polar surface area (TPSA) is 60.4 Å².